The van der Waals surface area contributed by atoms with E-state index in [1.807, 2.05) is 6.07 Å². The molecule has 0 unspecified atom stereocenters. The molecular formula is C14H21N3O4. The van der Waals surface area contributed by atoms with Crippen molar-refractivity contribution in [2.24, 2.45) is 0 Å². The second-order valence-corrected chi connectivity index (χ2v) is 5.14. The SMILES string of the molecule is COc1cc(CN2CCN(CCO)CC2)cc([N+](=O)[O-])c1. The predicted octanol–water partition coefficient (Wildman–Crippen LogP) is 0.713. The fraction of sp³-hybridized carbons (Fsp3) is 0.571. The van der Waals surface area contributed by atoms with Gasteiger partial charge in [-0.3, -0.25) is 19.9 Å². The van der Waals surface area contributed by atoms with E-state index in [-0.39, 0.29) is 12.3 Å². The molecule has 2 rings (SSSR count). The summed E-state index contributed by atoms with van der Waals surface area (Å²) in [6.07, 6.45) is 0. The molecular weight excluding hydrogens is 274 g/mol. The second-order valence-electron chi connectivity index (χ2n) is 5.14. The molecule has 21 heavy (non-hydrogen) atoms. The third-order valence-electron chi connectivity index (χ3n) is 3.68. The molecule has 0 radical (unpaired) electrons. The fourth-order valence-corrected chi connectivity index (χ4v) is 2.53. The minimum atomic E-state index is -0.398. The third-order valence-corrected chi connectivity index (χ3v) is 3.68. The standard InChI is InChI=1S/C14H21N3O4/c1-21-14-9-12(8-13(10-14)17(19)20)11-16-4-2-15(3-5-16)6-7-18/h8-10,18H,2-7,11H2,1H3. The summed E-state index contributed by atoms with van der Waals surface area (Å²) in [6, 6.07) is 4.87. The topological polar surface area (TPSA) is 79.1 Å². The molecule has 1 aromatic rings. The maximum Gasteiger partial charge on any atom is 0.273 e. The number of nitrogens with zero attached hydrogens (tertiary/aromatic N) is 3. The van der Waals surface area contributed by atoms with E-state index in [4.69, 9.17) is 9.84 Å². The minimum absolute atomic E-state index is 0.0586. The number of methoxy groups -OCH3 is 1. The van der Waals surface area contributed by atoms with Gasteiger partial charge in [-0.1, -0.05) is 0 Å². The Hall–Kier alpha value is -1.70. The molecule has 1 aliphatic heterocycles. The maximum atomic E-state index is 10.9. The third kappa shape index (κ3) is 4.38. The smallest absolute Gasteiger partial charge is 0.273 e. The van der Waals surface area contributed by atoms with Crippen LogP contribution in [0, 0.1) is 10.1 Å². The zero-order valence-corrected chi connectivity index (χ0v) is 12.2. The average Bonchev–Trinajstić information content (AvgIpc) is 2.49. The number of nitro groups is 1. The van der Waals surface area contributed by atoms with Crippen molar-refractivity contribution in [1.29, 1.82) is 0 Å². The summed E-state index contributed by atoms with van der Waals surface area (Å²) in [6.45, 7) is 5.17. The van der Waals surface area contributed by atoms with Crippen molar-refractivity contribution in [2.75, 3.05) is 46.4 Å². The van der Waals surface area contributed by atoms with Gasteiger partial charge in [-0.15, -0.1) is 0 Å². The first-order chi connectivity index (χ1) is 10.1. The first kappa shape index (κ1) is 15.7. The summed E-state index contributed by atoms with van der Waals surface area (Å²) in [5.41, 5.74) is 0.944. The summed E-state index contributed by atoms with van der Waals surface area (Å²) < 4.78 is 5.12. The number of hydrogen-bond donors (Lipinski definition) is 1. The van der Waals surface area contributed by atoms with Gasteiger partial charge in [-0.2, -0.15) is 0 Å². The number of rotatable bonds is 6. The lowest BCUT2D eigenvalue weighted by Gasteiger charge is -2.34. The van der Waals surface area contributed by atoms with E-state index < -0.39 is 4.92 Å². The van der Waals surface area contributed by atoms with E-state index in [2.05, 4.69) is 9.80 Å². The van der Waals surface area contributed by atoms with Gasteiger partial charge in [0.15, 0.2) is 0 Å². The van der Waals surface area contributed by atoms with Gasteiger partial charge in [0.25, 0.3) is 5.69 Å². The van der Waals surface area contributed by atoms with Crippen molar-refractivity contribution in [2.45, 2.75) is 6.54 Å². The molecule has 0 spiro atoms. The van der Waals surface area contributed by atoms with Crippen LogP contribution in [0.2, 0.25) is 0 Å². The molecule has 0 aliphatic carbocycles. The highest BCUT2D eigenvalue weighted by molar-refractivity contribution is 5.42. The first-order valence-electron chi connectivity index (χ1n) is 7.00. The Morgan fingerprint density at radius 3 is 2.48 bits per heavy atom. The highest BCUT2D eigenvalue weighted by Crippen LogP contribution is 2.23. The summed E-state index contributed by atoms with van der Waals surface area (Å²) >= 11 is 0. The normalized spacial score (nSPS) is 16.9. The number of benzene rings is 1. The van der Waals surface area contributed by atoms with Gasteiger partial charge < -0.3 is 9.84 Å². The molecule has 0 bridgehead atoms. The van der Waals surface area contributed by atoms with E-state index in [1.54, 1.807) is 6.07 Å². The average molecular weight is 295 g/mol. The molecule has 1 saturated heterocycles. The number of hydrogen-bond acceptors (Lipinski definition) is 6. The molecule has 7 nitrogen and oxygen atoms in total. The Labute approximate surface area is 123 Å². The highest BCUT2D eigenvalue weighted by Gasteiger charge is 2.18. The van der Waals surface area contributed by atoms with Gasteiger partial charge in [0, 0.05) is 45.3 Å². The quantitative estimate of drug-likeness (QED) is 0.615. The van der Waals surface area contributed by atoms with Crippen LogP contribution < -0.4 is 4.74 Å². The molecule has 116 valence electrons. The molecule has 1 heterocycles. The van der Waals surface area contributed by atoms with Gasteiger partial charge in [0.2, 0.25) is 0 Å². The molecule has 1 N–H and O–H groups in total. The Kier molecular flexibility index (Phi) is 5.49. The summed E-state index contributed by atoms with van der Waals surface area (Å²) in [5, 5.41) is 19.9. The summed E-state index contributed by atoms with van der Waals surface area (Å²) in [4.78, 5) is 15.0. The van der Waals surface area contributed by atoms with Gasteiger partial charge >= 0.3 is 0 Å². The number of piperazine rings is 1. The van der Waals surface area contributed by atoms with Crippen LogP contribution in [0.4, 0.5) is 5.69 Å². The first-order valence-corrected chi connectivity index (χ1v) is 7.00. The lowest BCUT2D eigenvalue weighted by molar-refractivity contribution is -0.385. The minimum Gasteiger partial charge on any atom is -0.496 e. The van der Waals surface area contributed by atoms with E-state index >= 15 is 0 Å². The molecule has 0 amide bonds. The van der Waals surface area contributed by atoms with Crippen LogP contribution in [0.1, 0.15) is 5.56 Å². The van der Waals surface area contributed by atoms with Gasteiger partial charge in [0.05, 0.1) is 24.7 Å². The van der Waals surface area contributed by atoms with E-state index in [0.717, 1.165) is 31.7 Å². The van der Waals surface area contributed by atoms with Crippen molar-refractivity contribution in [3.05, 3.63) is 33.9 Å². The van der Waals surface area contributed by atoms with Crippen molar-refractivity contribution in [3.8, 4) is 5.75 Å². The molecule has 1 aliphatic rings. The van der Waals surface area contributed by atoms with E-state index in [9.17, 15) is 10.1 Å². The molecule has 0 saturated carbocycles. The highest BCUT2D eigenvalue weighted by atomic mass is 16.6. The van der Waals surface area contributed by atoms with Crippen LogP contribution in [-0.4, -0.2) is 66.3 Å². The van der Waals surface area contributed by atoms with Crippen molar-refractivity contribution in [3.63, 3.8) is 0 Å². The second kappa shape index (κ2) is 7.35. The molecule has 0 atom stereocenters. The van der Waals surface area contributed by atoms with Crippen molar-refractivity contribution >= 4 is 5.69 Å². The van der Waals surface area contributed by atoms with E-state index in [1.165, 1.54) is 13.2 Å². The zero-order valence-electron chi connectivity index (χ0n) is 12.2. The zero-order chi connectivity index (χ0) is 15.2. The maximum absolute atomic E-state index is 10.9. The number of aliphatic hydroxyl groups excluding tert-OH is 1. The van der Waals surface area contributed by atoms with Crippen LogP contribution in [0.25, 0.3) is 0 Å². The van der Waals surface area contributed by atoms with Gasteiger partial charge in [-0.25, -0.2) is 0 Å². The number of β-amino-alcohol motifs (C(OH)–C–C–N with tert-alkyl or cyclic N) is 1. The monoisotopic (exact) mass is 295 g/mol. The largest absolute Gasteiger partial charge is 0.496 e. The Morgan fingerprint density at radius 2 is 1.90 bits per heavy atom. The van der Waals surface area contributed by atoms with Crippen molar-refractivity contribution < 1.29 is 14.8 Å². The van der Waals surface area contributed by atoms with Crippen LogP contribution in [-0.2, 0) is 6.54 Å². The number of nitro benzene ring substituents is 1. The Bertz CT molecular complexity index is 487. The Balaban J connectivity index is 2.00. The molecule has 1 fully saturated rings. The van der Waals surface area contributed by atoms with Crippen LogP contribution in [0.3, 0.4) is 0 Å². The fourth-order valence-electron chi connectivity index (χ4n) is 2.53. The number of aliphatic hydroxyl groups is 1. The number of ether oxygens (including phenoxy) is 1. The van der Waals surface area contributed by atoms with Crippen LogP contribution >= 0.6 is 0 Å². The van der Waals surface area contributed by atoms with Crippen molar-refractivity contribution in [1.82, 2.24) is 9.80 Å². The summed E-state index contributed by atoms with van der Waals surface area (Å²) in [7, 11) is 1.51. The van der Waals surface area contributed by atoms with Gasteiger partial charge in [0.1, 0.15) is 5.75 Å². The molecule has 0 aromatic heterocycles. The van der Waals surface area contributed by atoms with Gasteiger partial charge in [-0.05, 0) is 11.6 Å². The summed E-state index contributed by atoms with van der Waals surface area (Å²) in [5.74, 6) is 0.512. The number of non-ortho nitro benzene ring substituents is 1. The van der Waals surface area contributed by atoms with E-state index in [0.29, 0.717) is 18.8 Å². The predicted molar refractivity (Wildman–Crippen MR) is 78.5 cm³/mol. The van der Waals surface area contributed by atoms with Crippen LogP contribution in [0.15, 0.2) is 18.2 Å². The molecule has 1 aromatic carbocycles. The van der Waals surface area contributed by atoms with Crippen LogP contribution in [0.5, 0.6) is 5.75 Å². The lowest BCUT2D eigenvalue weighted by Crippen LogP contribution is -2.46. The Morgan fingerprint density at radius 1 is 1.24 bits per heavy atom. The lowest BCUT2D eigenvalue weighted by atomic mass is 10.1. The molecule has 7 heteroatoms.